The minimum atomic E-state index is -0.952. The first-order valence-corrected chi connectivity index (χ1v) is 18.7. The molecule has 2 aliphatic rings. The molecule has 302 valence electrons. The Kier molecular flexibility index (Phi) is 14.9. The van der Waals surface area contributed by atoms with Crippen molar-refractivity contribution < 1.29 is 28.7 Å². The van der Waals surface area contributed by atoms with Crippen LogP contribution in [0.1, 0.15) is 83.5 Å². The van der Waals surface area contributed by atoms with Crippen LogP contribution in [0.25, 0.3) is 33.6 Å². The van der Waals surface area contributed by atoms with E-state index in [0.717, 1.165) is 65.1 Å². The summed E-state index contributed by atoms with van der Waals surface area (Å²) >= 11 is 0. The summed E-state index contributed by atoms with van der Waals surface area (Å²) in [4.78, 5) is 70.2. The lowest BCUT2D eigenvalue weighted by Crippen LogP contribution is -2.51. The molecule has 0 radical (unpaired) electrons. The summed E-state index contributed by atoms with van der Waals surface area (Å²) in [5.41, 5.74) is 11.0. The van der Waals surface area contributed by atoms with Gasteiger partial charge in [-0.25, -0.2) is 19.6 Å². The van der Waals surface area contributed by atoms with E-state index in [1.54, 1.807) is 22.2 Å². The van der Waals surface area contributed by atoms with Crippen LogP contribution in [0.3, 0.4) is 0 Å². The van der Waals surface area contributed by atoms with E-state index in [1.807, 2.05) is 52.0 Å². The minimum Gasteiger partial charge on any atom is -0.453 e. The largest absolute Gasteiger partial charge is 0.453 e. The Labute approximate surface area is 339 Å². The molecular weight excluding hydrogens is 759 g/mol. The normalized spacial score (nSPS) is 18.0. The number of H-pyrrole nitrogens is 2. The molecule has 0 bridgehead atoms. The number of benzene rings is 2. The third kappa shape index (κ3) is 9.47. The zero-order chi connectivity index (χ0) is 38.5. The van der Waals surface area contributed by atoms with Crippen molar-refractivity contribution in [2.75, 3.05) is 20.2 Å². The van der Waals surface area contributed by atoms with Gasteiger partial charge in [-0.3, -0.25) is 9.59 Å². The van der Waals surface area contributed by atoms with Gasteiger partial charge >= 0.3 is 12.2 Å². The number of rotatable bonds is 12. The molecule has 5 atom stereocenters. The van der Waals surface area contributed by atoms with Crippen LogP contribution in [-0.2, 0) is 19.1 Å². The molecule has 4 aromatic rings. The van der Waals surface area contributed by atoms with Crippen LogP contribution in [-0.4, -0.2) is 86.1 Å². The fourth-order valence-corrected chi connectivity index (χ4v) is 7.41. The maximum absolute atomic E-state index is 13.5. The van der Waals surface area contributed by atoms with Gasteiger partial charge in [0.2, 0.25) is 5.91 Å². The lowest BCUT2D eigenvalue weighted by molar-refractivity contribution is -0.144. The number of imidazole rings is 2. The van der Waals surface area contributed by atoms with Crippen molar-refractivity contribution in [3.63, 3.8) is 0 Å². The van der Waals surface area contributed by atoms with E-state index in [-0.39, 0.29) is 60.5 Å². The third-order valence-electron chi connectivity index (χ3n) is 10.7. The van der Waals surface area contributed by atoms with Gasteiger partial charge in [-0.1, -0.05) is 76.2 Å². The number of aromatic nitrogens is 4. The van der Waals surface area contributed by atoms with Crippen molar-refractivity contribution in [1.29, 1.82) is 0 Å². The first-order valence-electron chi connectivity index (χ1n) is 18.7. The summed E-state index contributed by atoms with van der Waals surface area (Å²) in [7, 11) is 1.29. The number of likely N-dealkylation sites (tertiary alicyclic amines) is 2. The molecule has 0 spiro atoms. The zero-order valence-electron chi connectivity index (χ0n) is 32.3. The Morgan fingerprint density at radius 3 is 1.64 bits per heavy atom. The van der Waals surface area contributed by atoms with Gasteiger partial charge in [-0.15, -0.1) is 24.8 Å². The molecule has 14 nitrogen and oxygen atoms in total. The molecule has 2 aromatic carbocycles. The Hall–Kier alpha value is -5.08. The number of ether oxygens (including phenoxy) is 2. The number of nitrogens with two attached hydrogens (primary N) is 1. The van der Waals surface area contributed by atoms with Crippen molar-refractivity contribution in [2.45, 2.75) is 84.0 Å². The summed E-state index contributed by atoms with van der Waals surface area (Å²) < 4.78 is 10.0. The maximum Gasteiger partial charge on any atom is 0.407 e. The summed E-state index contributed by atoms with van der Waals surface area (Å²) in [6, 6.07) is 15.3. The second-order valence-electron chi connectivity index (χ2n) is 14.5. The number of hydrogen-bond acceptors (Lipinski definition) is 8. The number of nitrogens with zero attached hydrogens (tertiary/aromatic N) is 4. The van der Waals surface area contributed by atoms with E-state index in [9.17, 15) is 19.2 Å². The molecule has 4 heterocycles. The van der Waals surface area contributed by atoms with Crippen molar-refractivity contribution in [3.8, 4) is 33.6 Å². The fourth-order valence-electron chi connectivity index (χ4n) is 7.41. The van der Waals surface area contributed by atoms with Gasteiger partial charge < -0.3 is 40.3 Å². The van der Waals surface area contributed by atoms with Crippen molar-refractivity contribution in [1.82, 2.24) is 35.1 Å². The first kappa shape index (κ1) is 43.6. The highest BCUT2D eigenvalue weighted by Crippen LogP contribution is 2.35. The van der Waals surface area contributed by atoms with Crippen molar-refractivity contribution in [2.24, 2.45) is 17.6 Å². The molecule has 2 aliphatic heterocycles. The van der Waals surface area contributed by atoms with Gasteiger partial charge in [0.1, 0.15) is 17.7 Å². The number of hydrogen-bond donors (Lipinski definition) is 4. The molecule has 1 unspecified atom stereocenters. The average molecular weight is 812 g/mol. The molecule has 2 fully saturated rings. The Morgan fingerprint density at radius 1 is 0.786 bits per heavy atom. The molecular formula is C40H52Cl2N8O6. The minimum absolute atomic E-state index is 0. The SMILES string of the molecule is CCC(C)[C@H](OC(N)=O)C(=O)N1CCC[C@H]1c1ncc(-c2ccc(-c3ccc(-c4cnc([C@@H]5CCCN5C(=O)[C@@H](NC(=O)OC)C(C)C)[nH]4)cc3)cc2)[nH]1.Cl.Cl. The van der Waals surface area contributed by atoms with Gasteiger partial charge in [0.05, 0.1) is 43.0 Å². The number of aromatic amines is 2. The molecule has 5 N–H and O–H groups in total. The van der Waals surface area contributed by atoms with Gasteiger partial charge in [0.15, 0.2) is 6.10 Å². The Morgan fingerprint density at radius 2 is 1.23 bits per heavy atom. The van der Waals surface area contributed by atoms with Crippen LogP contribution < -0.4 is 11.1 Å². The van der Waals surface area contributed by atoms with E-state index >= 15 is 0 Å². The van der Waals surface area contributed by atoms with Crippen molar-refractivity contribution >= 4 is 48.8 Å². The van der Waals surface area contributed by atoms with Gasteiger partial charge in [-0.05, 0) is 60.3 Å². The zero-order valence-corrected chi connectivity index (χ0v) is 34.0. The van der Waals surface area contributed by atoms with Gasteiger partial charge in [0, 0.05) is 19.0 Å². The van der Waals surface area contributed by atoms with E-state index < -0.39 is 24.3 Å². The number of methoxy groups -OCH3 is 1. The monoisotopic (exact) mass is 810 g/mol. The van der Waals surface area contributed by atoms with Gasteiger partial charge in [-0.2, -0.15) is 0 Å². The van der Waals surface area contributed by atoms with Crippen LogP contribution in [0.15, 0.2) is 60.9 Å². The predicted octanol–water partition coefficient (Wildman–Crippen LogP) is 7.20. The smallest absolute Gasteiger partial charge is 0.407 e. The number of halogens is 2. The lowest BCUT2D eigenvalue weighted by Gasteiger charge is -2.30. The highest BCUT2D eigenvalue weighted by molar-refractivity contribution is 5.87. The summed E-state index contributed by atoms with van der Waals surface area (Å²) in [5.74, 6) is 0.757. The number of carbonyl (C=O) groups excluding carboxylic acids is 4. The number of amides is 4. The Bertz CT molecular complexity index is 1950. The van der Waals surface area contributed by atoms with E-state index in [1.165, 1.54) is 7.11 Å². The Balaban J connectivity index is 0.00000348. The van der Waals surface area contributed by atoms with E-state index in [2.05, 4.69) is 49.5 Å². The van der Waals surface area contributed by atoms with Crippen LogP contribution in [0.5, 0.6) is 0 Å². The molecule has 0 saturated carbocycles. The third-order valence-corrected chi connectivity index (χ3v) is 10.7. The second kappa shape index (κ2) is 19.2. The molecule has 16 heteroatoms. The van der Waals surface area contributed by atoms with Crippen LogP contribution >= 0.6 is 24.8 Å². The summed E-state index contributed by atoms with van der Waals surface area (Å²) in [6.07, 6.45) is 4.95. The number of carbonyl (C=O) groups is 4. The quantitative estimate of drug-likeness (QED) is 0.116. The van der Waals surface area contributed by atoms with E-state index in [4.69, 9.17) is 15.2 Å². The van der Waals surface area contributed by atoms with Crippen LogP contribution in [0.4, 0.5) is 9.59 Å². The average Bonchev–Trinajstić information content (AvgIpc) is 4.02. The molecule has 6 rings (SSSR count). The highest BCUT2D eigenvalue weighted by atomic mass is 35.5. The van der Waals surface area contributed by atoms with Crippen LogP contribution in [0, 0.1) is 11.8 Å². The highest BCUT2D eigenvalue weighted by Gasteiger charge is 2.39. The molecule has 2 aromatic heterocycles. The number of alkyl carbamates (subject to hydrolysis) is 1. The molecule has 0 aliphatic carbocycles. The molecule has 4 amide bonds. The maximum atomic E-state index is 13.5. The molecule has 2 saturated heterocycles. The summed E-state index contributed by atoms with van der Waals surface area (Å²) in [5, 5.41) is 2.69. The second-order valence-corrected chi connectivity index (χ2v) is 14.5. The topological polar surface area (TPSA) is 189 Å². The van der Waals surface area contributed by atoms with Gasteiger partial charge in [0.25, 0.3) is 5.91 Å². The van der Waals surface area contributed by atoms with Crippen molar-refractivity contribution in [3.05, 3.63) is 72.6 Å². The fraction of sp³-hybridized carbons (Fsp3) is 0.450. The van der Waals surface area contributed by atoms with Crippen LogP contribution in [0.2, 0.25) is 0 Å². The standard InChI is InChI=1S/C40H50N8O6.2ClH/c1-6-24(4)34(54-39(41)51)38(50)48-20-8-10-32(48)36-43-22-30(45-36)28-17-13-26(14-18-28)25-11-15-27(16-12-25)29-21-42-35(44-29)31-9-7-19-47(31)37(49)33(23(2)3)46-40(52)53-5;;/h11-18,21-24,31-34H,6-10,19-20H2,1-5H3,(H2,41,51)(H,42,44)(H,43,45)(H,46,52);2*1H/t24?,31-,32-,33-,34-;;/m0../s1. The predicted molar refractivity (Wildman–Crippen MR) is 217 cm³/mol. The first-order chi connectivity index (χ1) is 26.0. The number of nitrogens with one attached hydrogen (secondary N) is 3. The number of primary amides is 1. The molecule has 56 heavy (non-hydrogen) atoms. The van der Waals surface area contributed by atoms with E-state index in [0.29, 0.717) is 25.3 Å². The summed E-state index contributed by atoms with van der Waals surface area (Å²) in [6.45, 7) is 8.77. The lowest BCUT2D eigenvalue weighted by atomic mass is 10.00.